The molecule has 3 N–H and O–H groups in total. The molecule has 1 aromatic rings. The quantitative estimate of drug-likeness (QED) is 0.751. The molecule has 0 radical (unpaired) electrons. The summed E-state index contributed by atoms with van der Waals surface area (Å²) in [4.78, 5) is 23.5. The van der Waals surface area contributed by atoms with Crippen molar-refractivity contribution in [3.63, 3.8) is 0 Å². The van der Waals surface area contributed by atoms with Gasteiger partial charge in [0.15, 0.2) is 0 Å². The van der Waals surface area contributed by atoms with E-state index in [0.29, 0.717) is 6.42 Å². The van der Waals surface area contributed by atoms with Crippen LogP contribution in [0.3, 0.4) is 0 Å². The topological polar surface area (TPSA) is 81.4 Å². The third-order valence-corrected chi connectivity index (χ3v) is 3.59. The smallest absolute Gasteiger partial charge is 0.305 e. The van der Waals surface area contributed by atoms with Crippen LogP contribution in [0.1, 0.15) is 38.3 Å². The van der Waals surface area contributed by atoms with Gasteiger partial charge in [0.2, 0.25) is 5.91 Å². The first-order chi connectivity index (χ1) is 9.95. The molecule has 0 saturated heterocycles. The van der Waals surface area contributed by atoms with Gasteiger partial charge in [-0.3, -0.25) is 9.59 Å². The molecule has 3 atom stereocenters. The van der Waals surface area contributed by atoms with Crippen molar-refractivity contribution in [3.8, 4) is 0 Å². The Labute approximate surface area is 125 Å². The average Bonchev–Trinajstić information content (AvgIpc) is 2.50. The first-order valence-electron chi connectivity index (χ1n) is 7.13. The number of amides is 1. The minimum absolute atomic E-state index is 0.108. The molecule has 5 heteroatoms. The van der Waals surface area contributed by atoms with E-state index in [9.17, 15) is 9.59 Å². The SMILES string of the molecule is COC(=O)CCC(NC(=O)C(C)C(C)N)c1ccccc1. The van der Waals surface area contributed by atoms with E-state index < -0.39 is 0 Å². The number of hydrogen-bond donors (Lipinski definition) is 2. The van der Waals surface area contributed by atoms with Crippen molar-refractivity contribution in [2.75, 3.05) is 7.11 Å². The standard InChI is InChI=1S/C16H24N2O3/c1-11(12(2)17)16(20)18-14(9-10-15(19)21-3)13-7-5-4-6-8-13/h4-8,11-12,14H,9-10,17H2,1-3H3,(H,18,20). The lowest BCUT2D eigenvalue weighted by Crippen LogP contribution is -2.40. The number of nitrogens with two attached hydrogens (primary N) is 1. The van der Waals surface area contributed by atoms with Crippen LogP contribution >= 0.6 is 0 Å². The predicted molar refractivity (Wildman–Crippen MR) is 81.4 cm³/mol. The molecule has 0 saturated carbocycles. The molecule has 1 amide bonds. The molecule has 0 fully saturated rings. The number of ether oxygens (including phenoxy) is 1. The molecule has 0 aliphatic rings. The van der Waals surface area contributed by atoms with Crippen LogP contribution < -0.4 is 11.1 Å². The van der Waals surface area contributed by atoms with Crippen LogP contribution in [0, 0.1) is 5.92 Å². The highest BCUT2D eigenvalue weighted by molar-refractivity contribution is 5.79. The molecule has 0 aromatic heterocycles. The number of hydrogen-bond acceptors (Lipinski definition) is 4. The van der Waals surface area contributed by atoms with E-state index >= 15 is 0 Å². The zero-order chi connectivity index (χ0) is 15.8. The lowest BCUT2D eigenvalue weighted by Gasteiger charge is -2.22. The molecule has 0 bridgehead atoms. The van der Waals surface area contributed by atoms with E-state index in [2.05, 4.69) is 10.1 Å². The summed E-state index contributed by atoms with van der Waals surface area (Å²) in [7, 11) is 1.36. The maximum absolute atomic E-state index is 12.2. The Bertz CT molecular complexity index is 460. The molecule has 21 heavy (non-hydrogen) atoms. The van der Waals surface area contributed by atoms with Gasteiger partial charge in [-0.15, -0.1) is 0 Å². The van der Waals surface area contributed by atoms with E-state index in [1.54, 1.807) is 13.8 Å². The summed E-state index contributed by atoms with van der Waals surface area (Å²) >= 11 is 0. The van der Waals surface area contributed by atoms with E-state index in [-0.39, 0.29) is 36.3 Å². The average molecular weight is 292 g/mol. The van der Waals surface area contributed by atoms with Gasteiger partial charge in [0, 0.05) is 18.4 Å². The van der Waals surface area contributed by atoms with Crippen molar-refractivity contribution in [2.45, 2.75) is 38.8 Å². The van der Waals surface area contributed by atoms with Gasteiger partial charge in [-0.25, -0.2) is 0 Å². The second-order valence-electron chi connectivity index (χ2n) is 5.23. The van der Waals surface area contributed by atoms with Crippen LogP contribution in [0.2, 0.25) is 0 Å². The van der Waals surface area contributed by atoms with Crippen LogP contribution in [-0.4, -0.2) is 25.0 Å². The van der Waals surface area contributed by atoms with Gasteiger partial charge in [-0.1, -0.05) is 37.3 Å². The fourth-order valence-corrected chi connectivity index (χ4v) is 1.91. The summed E-state index contributed by atoms with van der Waals surface area (Å²) in [5, 5.41) is 2.97. The molecular formula is C16H24N2O3. The van der Waals surface area contributed by atoms with Crippen LogP contribution in [0.5, 0.6) is 0 Å². The number of nitrogens with one attached hydrogen (secondary N) is 1. The Balaban J connectivity index is 2.77. The van der Waals surface area contributed by atoms with Gasteiger partial charge >= 0.3 is 5.97 Å². The van der Waals surface area contributed by atoms with Crippen molar-refractivity contribution in [3.05, 3.63) is 35.9 Å². The first-order valence-corrected chi connectivity index (χ1v) is 7.13. The van der Waals surface area contributed by atoms with Gasteiger partial charge in [-0.2, -0.15) is 0 Å². The Morgan fingerprint density at radius 2 is 1.86 bits per heavy atom. The van der Waals surface area contributed by atoms with Crippen molar-refractivity contribution < 1.29 is 14.3 Å². The summed E-state index contributed by atoms with van der Waals surface area (Å²) in [6.45, 7) is 3.60. The molecule has 0 spiro atoms. The van der Waals surface area contributed by atoms with Crippen molar-refractivity contribution in [1.82, 2.24) is 5.32 Å². The summed E-state index contributed by atoms with van der Waals surface area (Å²) in [5.41, 5.74) is 6.72. The predicted octanol–water partition coefficient (Wildman–Crippen LogP) is 1.78. The number of carbonyl (C=O) groups excluding carboxylic acids is 2. The second-order valence-corrected chi connectivity index (χ2v) is 5.23. The molecule has 0 aliphatic carbocycles. The highest BCUT2D eigenvalue weighted by Crippen LogP contribution is 2.19. The van der Waals surface area contributed by atoms with E-state index in [4.69, 9.17) is 5.73 Å². The lowest BCUT2D eigenvalue weighted by molar-refractivity contribution is -0.141. The summed E-state index contributed by atoms with van der Waals surface area (Å²) < 4.78 is 4.66. The monoisotopic (exact) mass is 292 g/mol. The van der Waals surface area contributed by atoms with Crippen molar-refractivity contribution in [2.24, 2.45) is 11.7 Å². The van der Waals surface area contributed by atoms with Crippen molar-refractivity contribution in [1.29, 1.82) is 0 Å². The maximum atomic E-state index is 12.2. The van der Waals surface area contributed by atoms with Crippen LogP contribution in [-0.2, 0) is 14.3 Å². The molecule has 5 nitrogen and oxygen atoms in total. The van der Waals surface area contributed by atoms with E-state index in [1.165, 1.54) is 7.11 Å². The molecule has 1 aromatic carbocycles. The highest BCUT2D eigenvalue weighted by atomic mass is 16.5. The Morgan fingerprint density at radius 3 is 2.38 bits per heavy atom. The van der Waals surface area contributed by atoms with Gasteiger partial charge in [0.1, 0.15) is 0 Å². The summed E-state index contributed by atoms with van der Waals surface area (Å²) in [6.07, 6.45) is 0.747. The number of methoxy groups -OCH3 is 1. The number of rotatable bonds is 7. The summed E-state index contributed by atoms with van der Waals surface area (Å²) in [6, 6.07) is 9.13. The van der Waals surface area contributed by atoms with Gasteiger partial charge < -0.3 is 15.8 Å². The van der Waals surface area contributed by atoms with Crippen LogP contribution in [0.25, 0.3) is 0 Å². The van der Waals surface area contributed by atoms with Gasteiger partial charge in [0.25, 0.3) is 0 Å². The minimum Gasteiger partial charge on any atom is -0.469 e. The summed E-state index contributed by atoms with van der Waals surface area (Å²) in [5.74, 6) is -0.677. The van der Waals surface area contributed by atoms with Gasteiger partial charge in [0.05, 0.1) is 13.2 Å². The van der Waals surface area contributed by atoms with Gasteiger partial charge in [-0.05, 0) is 18.9 Å². The molecule has 3 unspecified atom stereocenters. The normalized spacial score (nSPS) is 14.9. The Kier molecular flexibility index (Phi) is 6.88. The van der Waals surface area contributed by atoms with Crippen LogP contribution in [0.4, 0.5) is 0 Å². The lowest BCUT2D eigenvalue weighted by atomic mass is 9.99. The Morgan fingerprint density at radius 1 is 1.24 bits per heavy atom. The van der Waals surface area contributed by atoms with E-state index in [0.717, 1.165) is 5.56 Å². The van der Waals surface area contributed by atoms with Crippen molar-refractivity contribution >= 4 is 11.9 Å². The van der Waals surface area contributed by atoms with E-state index in [1.807, 2.05) is 30.3 Å². The zero-order valence-electron chi connectivity index (χ0n) is 12.8. The minimum atomic E-state index is -0.287. The fourth-order valence-electron chi connectivity index (χ4n) is 1.91. The third kappa shape index (κ3) is 5.55. The second kappa shape index (κ2) is 8.42. The third-order valence-electron chi connectivity index (χ3n) is 3.59. The molecular weight excluding hydrogens is 268 g/mol. The maximum Gasteiger partial charge on any atom is 0.305 e. The zero-order valence-corrected chi connectivity index (χ0v) is 12.8. The molecule has 116 valence electrons. The fraction of sp³-hybridized carbons (Fsp3) is 0.500. The highest BCUT2D eigenvalue weighted by Gasteiger charge is 2.22. The largest absolute Gasteiger partial charge is 0.469 e. The van der Waals surface area contributed by atoms with Crippen LogP contribution in [0.15, 0.2) is 30.3 Å². The number of carbonyl (C=O) groups is 2. The molecule has 0 aliphatic heterocycles. The first kappa shape index (κ1) is 17.2. The molecule has 0 heterocycles. The number of benzene rings is 1. The number of esters is 1. The molecule has 1 rings (SSSR count). The Hall–Kier alpha value is -1.88.